The third-order valence-corrected chi connectivity index (χ3v) is 3.95. The van der Waals surface area contributed by atoms with Gasteiger partial charge in [-0.2, -0.15) is 0 Å². The molecule has 0 N–H and O–H groups in total. The number of fused-ring (bicyclic) bond motifs is 3. The molecule has 0 bridgehead atoms. The van der Waals surface area contributed by atoms with Crippen LogP contribution in [0.15, 0.2) is 42.5 Å². The molecule has 0 radical (unpaired) electrons. The van der Waals surface area contributed by atoms with Gasteiger partial charge < -0.3 is 9.47 Å². The van der Waals surface area contributed by atoms with Crippen molar-refractivity contribution in [2.75, 3.05) is 19.8 Å². The highest BCUT2D eigenvalue weighted by Crippen LogP contribution is 2.40. The summed E-state index contributed by atoms with van der Waals surface area (Å²) in [6, 6.07) is 15.0. The zero-order valence-corrected chi connectivity index (χ0v) is 12.6. The van der Waals surface area contributed by atoms with Crippen molar-refractivity contribution in [1.29, 1.82) is 0 Å². The molecule has 2 nitrogen and oxygen atoms in total. The number of ether oxygens (including phenoxy) is 2. The molecule has 0 spiro atoms. The van der Waals surface area contributed by atoms with Crippen LogP contribution in [-0.2, 0) is 11.2 Å². The second-order valence-corrected chi connectivity index (χ2v) is 5.37. The van der Waals surface area contributed by atoms with E-state index in [0.29, 0.717) is 0 Å². The third kappa shape index (κ3) is 3.11. The number of rotatable bonds is 7. The summed E-state index contributed by atoms with van der Waals surface area (Å²) in [5.41, 5.74) is 5.43. The standard InChI is InChI=1S/C19H22O2/c1-2-20-12-5-6-13-21-19-11-7-10-17-16-9-4-3-8-15(16)14-18(17)19/h3-4,7-11H,2,5-6,12-14H2,1H3. The fraction of sp³-hybridized carbons (Fsp3) is 0.368. The number of hydrogen-bond acceptors (Lipinski definition) is 2. The Labute approximate surface area is 126 Å². The van der Waals surface area contributed by atoms with Crippen LogP contribution in [-0.4, -0.2) is 19.8 Å². The molecule has 21 heavy (non-hydrogen) atoms. The first-order valence-corrected chi connectivity index (χ1v) is 7.81. The average Bonchev–Trinajstić information content (AvgIpc) is 2.90. The first-order valence-electron chi connectivity index (χ1n) is 7.81. The first-order chi connectivity index (χ1) is 10.4. The maximum atomic E-state index is 6.00. The lowest BCUT2D eigenvalue weighted by atomic mass is 10.1. The van der Waals surface area contributed by atoms with Crippen molar-refractivity contribution in [1.82, 2.24) is 0 Å². The third-order valence-electron chi connectivity index (χ3n) is 3.95. The number of benzene rings is 2. The van der Waals surface area contributed by atoms with Crippen molar-refractivity contribution in [3.63, 3.8) is 0 Å². The van der Waals surface area contributed by atoms with Gasteiger partial charge in [0.15, 0.2) is 0 Å². The van der Waals surface area contributed by atoms with E-state index < -0.39 is 0 Å². The normalized spacial score (nSPS) is 12.0. The van der Waals surface area contributed by atoms with E-state index in [1.54, 1.807) is 0 Å². The topological polar surface area (TPSA) is 18.5 Å². The van der Waals surface area contributed by atoms with Gasteiger partial charge in [-0.1, -0.05) is 36.4 Å². The molecular formula is C19H22O2. The van der Waals surface area contributed by atoms with Crippen LogP contribution in [0.1, 0.15) is 30.9 Å². The second kappa shape index (κ2) is 6.77. The second-order valence-electron chi connectivity index (χ2n) is 5.37. The quantitative estimate of drug-likeness (QED) is 0.596. The maximum absolute atomic E-state index is 6.00. The molecule has 0 unspecified atom stereocenters. The van der Waals surface area contributed by atoms with Gasteiger partial charge in [0.05, 0.1) is 6.61 Å². The minimum absolute atomic E-state index is 0.764. The lowest BCUT2D eigenvalue weighted by molar-refractivity contribution is 0.138. The summed E-state index contributed by atoms with van der Waals surface area (Å²) in [6.45, 7) is 4.42. The van der Waals surface area contributed by atoms with Crippen LogP contribution in [0.25, 0.3) is 11.1 Å². The minimum atomic E-state index is 0.764. The molecule has 0 heterocycles. The van der Waals surface area contributed by atoms with Crippen molar-refractivity contribution in [3.8, 4) is 16.9 Å². The van der Waals surface area contributed by atoms with E-state index in [-0.39, 0.29) is 0 Å². The van der Waals surface area contributed by atoms with Crippen LogP contribution in [0.3, 0.4) is 0 Å². The highest BCUT2D eigenvalue weighted by atomic mass is 16.5. The molecule has 2 heteroatoms. The minimum Gasteiger partial charge on any atom is -0.493 e. The number of unbranched alkanes of at least 4 members (excludes halogenated alkanes) is 1. The van der Waals surface area contributed by atoms with Gasteiger partial charge in [0, 0.05) is 25.2 Å². The van der Waals surface area contributed by atoms with Gasteiger partial charge in [0.25, 0.3) is 0 Å². The van der Waals surface area contributed by atoms with E-state index in [0.717, 1.165) is 44.8 Å². The van der Waals surface area contributed by atoms with Gasteiger partial charge in [-0.3, -0.25) is 0 Å². The molecule has 2 aromatic carbocycles. The summed E-state index contributed by atoms with van der Waals surface area (Å²) in [5, 5.41) is 0. The summed E-state index contributed by atoms with van der Waals surface area (Å²) in [6.07, 6.45) is 3.08. The van der Waals surface area contributed by atoms with Gasteiger partial charge in [-0.15, -0.1) is 0 Å². The van der Waals surface area contributed by atoms with Crippen molar-refractivity contribution >= 4 is 0 Å². The molecule has 1 aliphatic carbocycles. The molecule has 2 aromatic rings. The molecule has 1 aliphatic rings. The van der Waals surface area contributed by atoms with E-state index in [1.165, 1.54) is 22.3 Å². The largest absolute Gasteiger partial charge is 0.493 e. The molecule has 0 aromatic heterocycles. The van der Waals surface area contributed by atoms with Gasteiger partial charge in [0.1, 0.15) is 5.75 Å². The Bertz CT molecular complexity index is 604. The molecule has 0 saturated carbocycles. The Morgan fingerprint density at radius 3 is 2.62 bits per heavy atom. The zero-order valence-electron chi connectivity index (χ0n) is 12.6. The van der Waals surface area contributed by atoms with Crippen LogP contribution in [0.5, 0.6) is 5.75 Å². The van der Waals surface area contributed by atoms with Crippen LogP contribution < -0.4 is 4.74 Å². The van der Waals surface area contributed by atoms with Gasteiger partial charge >= 0.3 is 0 Å². The van der Waals surface area contributed by atoms with Crippen molar-refractivity contribution in [2.24, 2.45) is 0 Å². The Hall–Kier alpha value is -1.80. The van der Waals surface area contributed by atoms with Crippen molar-refractivity contribution < 1.29 is 9.47 Å². The Morgan fingerprint density at radius 1 is 0.905 bits per heavy atom. The highest BCUT2D eigenvalue weighted by Gasteiger charge is 2.20. The fourth-order valence-electron chi connectivity index (χ4n) is 2.90. The van der Waals surface area contributed by atoms with E-state index in [1.807, 2.05) is 6.92 Å². The van der Waals surface area contributed by atoms with E-state index in [4.69, 9.17) is 9.47 Å². The predicted octanol–water partition coefficient (Wildman–Crippen LogP) is 4.45. The summed E-state index contributed by atoms with van der Waals surface area (Å²) in [7, 11) is 0. The maximum Gasteiger partial charge on any atom is 0.123 e. The smallest absolute Gasteiger partial charge is 0.123 e. The molecule has 0 fully saturated rings. The molecule has 0 atom stereocenters. The van der Waals surface area contributed by atoms with Crippen molar-refractivity contribution in [2.45, 2.75) is 26.2 Å². The lowest BCUT2D eigenvalue weighted by Crippen LogP contribution is -2.02. The summed E-state index contributed by atoms with van der Waals surface area (Å²) >= 11 is 0. The Kier molecular flexibility index (Phi) is 4.56. The molecule has 0 aliphatic heterocycles. The predicted molar refractivity (Wildman–Crippen MR) is 85.9 cm³/mol. The van der Waals surface area contributed by atoms with E-state index in [9.17, 15) is 0 Å². The van der Waals surface area contributed by atoms with Gasteiger partial charge in [-0.05, 0) is 42.5 Å². The van der Waals surface area contributed by atoms with Crippen LogP contribution in [0.2, 0.25) is 0 Å². The first kappa shape index (κ1) is 14.2. The van der Waals surface area contributed by atoms with E-state index >= 15 is 0 Å². The van der Waals surface area contributed by atoms with Gasteiger partial charge in [-0.25, -0.2) is 0 Å². The molecule has 110 valence electrons. The summed E-state index contributed by atoms with van der Waals surface area (Å²) < 4.78 is 11.4. The average molecular weight is 282 g/mol. The van der Waals surface area contributed by atoms with Crippen LogP contribution >= 0.6 is 0 Å². The monoisotopic (exact) mass is 282 g/mol. The van der Waals surface area contributed by atoms with Crippen molar-refractivity contribution in [3.05, 3.63) is 53.6 Å². The SMILES string of the molecule is CCOCCCCOc1cccc2c1Cc1ccccc1-2. The van der Waals surface area contributed by atoms with Crippen LogP contribution in [0, 0.1) is 0 Å². The number of hydrogen-bond donors (Lipinski definition) is 0. The molecule has 0 saturated heterocycles. The molecule has 0 amide bonds. The van der Waals surface area contributed by atoms with Crippen LogP contribution in [0.4, 0.5) is 0 Å². The zero-order chi connectivity index (χ0) is 14.5. The highest BCUT2D eigenvalue weighted by molar-refractivity contribution is 5.78. The molecular weight excluding hydrogens is 260 g/mol. The fourth-order valence-corrected chi connectivity index (χ4v) is 2.90. The van der Waals surface area contributed by atoms with Gasteiger partial charge in [0.2, 0.25) is 0 Å². The lowest BCUT2D eigenvalue weighted by Gasteiger charge is -2.10. The Morgan fingerprint density at radius 2 is 1.71 bits per heavy atom. The van der Waals surface area contributed by atoms with E-state index in [2.05, 4.69) is 42.5 Å². The summed E-state index contributed by atoms with van der Waals surface area (Å²) in [4.78, 5) is 0. The molecule has 3 rings (SSSR count). The summed E-state index contributed by atoms with van der Waals surface area (Å²) in [5.74, 6) is 1.04. The Balaban J connectivity index is 1.64.